The Hall–Kier alpha value is -2.56. The fraction of sp³-hybridized carbons (Fsp3) is 0.0769. The van der Waals surface area contributed by atoms with Gasteiger partial charge in [-0.3, -0.25) is 0 Å². The van der Waals surface area contributed by atoms with Crippen LogP contribution in [0.1, 0.15) is 10.4 Å². The molecular formula is C13H11NO4. The number of nitrogens with zero attached hydrogens (tertiary/aromatic N) is 1. The van der Waals surface area contributed by atoms with Crippen molar-refractivity contribution in [1.82, 2.24) is 4.98 Å². The van der Waals surface area contributed by atoms with Gasteiger partial charge in [0, 0.05) is 6.20 Å². The van der Waals surface area contributed by atoms with Gasteiger partial charge in [-0.25, -0.2) is 9.78 Å². The van der Waals surface area contributed by atoms with E-state index in [-0.39, 0.29) is 5.56 Å². The van der Waals surface area contributed by atoms with Crippen LogP contribution >= 0.6 is 0 Å². The summed E-state index contributed by atoms with van der Waals surface area (Å²) in [5, 5.41) is 8.88. The number of pyridine rings is 1. The van der Waals surface area contributed by atoms with Crippen molar-refractivity contribution < 1.29 is 19.4 Å². The summed E-state index contributed by atoms with van der Waals surface area (Å²) in [6, 6.07) is 9.61. The molecule has 1 aromatic heterocycles. The molecule has 5 heteroatoms. The van der Waals surface area contributed by atoms with Gasteiger partial charge in [-0.1, -0.05) is 6.07 Å². The van der Waals surface area contributed by atoms with Crippen LogP contribution in [0.4, 0.5) is 0 Å². The summed E-state index contributed by atoms with van der Waals surface area (Å²) in [4.78, 5) is 14.9. The fourth-order valence-corrected chi connectivity index (χ4v) is 1.41. The van der Waals surface area contributed by atoms with Gasteiger partial charge in [0.25, 0.3) is 5.88 Å². The molecule has 0 aliphatic rings. The van der Waals surface area contributed by atoms with Crippen LogP contribution in [-0.2, 0) is 0 Å². The van der Waals surface area contributed by atoms with E-state index in [4.69, 9.17) is 14.6 Å². The lowest BCUT2D eigenvalue weighted by molar-refractivity contribution is 0.0696. The van der Waals surface area contributed by atoms with E-state index in [0.717, 1.165) is 0 Å². The van der Waals surface area contributed by atoms with E-state index in [1.165, 1.54) is 19.2 Å². The first-order valence-corrected chi connectivity index (χ1v) is 5.21. The van der Waals surface area contributed by atoms with E-state index in [1.807, 2.05) is 0 Å². The average Bonchev–Trinajstić information content (AvgIpc) is 2.39. The lowest BCUT2D eigenvalue weighted by Gasteiger charge is -2.08. The lowest BCUT2D eigenvalue weighted by Crippen LogP contribution is -1.97. The zero-order valence-electron chi connectivity index (χ0n) is 9.66. The topological polar surface area (TPSA) is 68.7 Å². The second-order valence-electron chi connectivity index (χ2n) is 3.45. The number of aromatic carboxylic acids is 1. The summed E-state index contributed by atoms with van der Waals surface area (Å²) >= 11 is 0. The van der Waals surface area contributed by atoms with Crippen LogP contribution in [0, 0.1) is 0 Å². The highest BCUT2D eigenvalue weighted by Crippen LogP contribution is 2.28. The Bertz CT molecular complexity index is 568. The number of hydrogen-bond donors (Lipinski definition) is 1. The third-order valence-electron chi connectivity index (χ3n) is 2.25. The lowest BCUT2D eigenvalue weighted by atomic mass is 10.2. The van der Waals surface area contributed by atoms with Crippen molar-refractivity contribution in [2.75, 3.05) is 7.11 Å². The number of carboxylic acids is 1. The summed E-state index contributed by atoms with van der Waals surface area (Å²) in [7, 11) is 1.51. The number of ether oxygens (including phenoxy) is 2. The van der Waals surface area contributed by atoms with Gasteiger partial charge in [0.05, 0.1) is 12.7 Å². The van der Waals surface area contributed by atoms with Crippen molar-refractivity contribution in [3.05, 3.63) is 48.2 Å². The average molecular weight is 245 g/mol. The second kappa shape index (κ2) is 5.18. The monoisotopic (exact) mass is 245 g/mol. The first-order chi connectivity index (χ1) is 8.70. The normalized spacial score (nSPS) is 9.83. The molecule has 5 nitrogen and oxygen atoms in total. The second-order valence-corrected chi connectivity index (χ2v) is 3.45. The highest BCUT2D eigenvalue weighted by Gasteiger charge is 2.08. The first kappa shape index (κ1) is 11.9. The van der Waals surface area contributed by atoms with Crippen molar-refractivity contribution in [3.63, 3.8) is 0 Å². The minimum Gasteiger partial charge on any atom is -0.491 e. The molecule has 0 aliphatic heterocycles. The zero-order chi connectivity index (χ0) is 13.0. The van der Waals surface area contributed by atoms with Crippen molar-refractivity contribution in [2.45, 2.75) is 0 Å². The van der Waals surface area contributed by atoms with E-state index in [0.29, 0.717) is 17.4 Å². The van der Waals surface area contributed by atoms with E-state index >= 15 is 0 Å². The Morgan fingerprint density at radius 3 is 2.83 bits per heavy atom. The van der Waals surface area contributed by atoms with Gasteiger partial charge >= 0.3 is 5.97 Å². The number of rotatable bonds is 4. The molecule has 0 aliphatic carbocycles. The predicted molar refractivity (Wildman–Crippen MR) is 64.3 cm³/mol. The Morgan fingerprint density at radius 2 is 2.11 bits per heavy atom. The molecule has 18 heavy (non-hydrogen) atoms. The van der Waals surface area contributed by atoms with Crippen LogP contribution < -0.4 is 9.47 Å². The Kier molecular flexibility index (Phi) is 3.43. The molecule has 2 aromatic rings. The van der Waals surface area contributed by atoms with Crippen molar-refractivity contribution >= 4 is 5.97 Å². The summed E-state index contributed by atoms with van der Waals surface area (Å²) in [5.41, 5.74) is 0.155. The molecule has 0 amide bonds. The molecular weight excluding hydrogens is 234 g/mol. The van der Waals surface area contributed by atoms with E-state index < -0.39 is 5.97 Å². The SMILES string of the molecule is COc1cccnc1Oc1cccc(C(=O)O)c1. The molecule has 1 aromatic carbocycles. The van der Waals surface area contributed by atoms with Gasteiger partial charge in [-0.15, -0.1) is 0 Å². The van der Waals surface area contributed by atoms with Gasteiger partial charge in [-0.05, 0) is 30.3 Å². The van der Waals surface area contributed by atoms with E-state index in [9.17, 15) is 4.79 Å². The first-order valence-electron chi connectivity index (χ1n) is 5.21. The highest BCUT2D eigenvalue weighted by molar-refractivity contribution is 5.88. The molecule has 0 saturated carbocycles. The Morgan fingerprint density at radius 1 is 1.28 bits per heavy atom. The van der Waals surface area contributed by atoms with Crippen molar-refractivity contribution in [2.24, 2.45) is 0 Å². The van der Waals surface area contributed by atoms with Crippen LogP contribution in [0.3, 0.4) is 0 Å². The van der Waals surface area contributed by atoms with Crippen LogP contribution in [0.2, 0.25) is 0 Å². The molecule has 0 atom stereocenters. The van der Waals surface area contributed by atoms with Crippen molar-refractivity contribution in [1.29, 1.82) is 0 Å². The number of aromatic nitrogens is 1. The summed E-state index contributed by atoms with van der Waals surface area (Å²) in [6.45, 7) is 0. The molecule has 1 heterocycles. The van der Waals surface area contributed by atoms with Gasteiger partial charge in [0.15, 0.2) is 5.75 Å². The number of carbonyl (C=O) groups is 1. The van der Waals surface area contributed by atoms with E-state index in [2.05, 4.69) is 4.98 Å². The Labute approximate surface area is 104 Å². The Balaban J connectivity index is 2.28. The summed E-state index contributed by atoms with van der Waals surface area (Å²) in [6.07, 6.45) is 1.57. The largest absolute Gasteiger partial charge is 0.491 e. The molecule has 0 fully saturated rings. The third-order valence-corrected chi connectivity index (χ3v) is 2.25. The maximum Gasteiger partial charge on any atom is 0.335 e. The predicted octanol–water partition coefficient (Wildman–Crippen LogP) is 2.58. The maximum absolute atomic E-state index is 10.8. The maximum atomic E-state index is 10.8. The summed E-state index contributed by atoms with van der Waals surface area (Å²) in [5.74, 6) is 0.168. The molecule has 1 N–H and O–H groups in total. The number of hydrogen-bond acceptors (Lipinski definition) is 4. The van der Waals surface area contributed by atoms with Crippen LogP contribution in [-0.4, -0.2) is 23.2 Å². The quantitative estimate of drug-likeness (QED) is 0.896. The van der Waals surface area contributed by atoms with Gasteiger partial charge in [0.2, 0.25) is 0 Å². The molecule has 0 unspecified atom stereocenters. The van der Waals surface area contributed by atoms with Crippen LogP contribution in [0.15, 0.2) is 42.6 Å². The minimum atomic E-state index is -1.01. The smallest absolute Gasteiger partial charge is 0.335 e. The molecule has 0 bridgehead atoms. The standard InChI is InChI=1S/C13H11NO4/c1-17-11-6-3-7-14-12(11)18-10-5-2-4-9(8-10)13(15)16/h2-8H,1H3,(H,15,16). The van der Waals surface area contributed by atoms with Crippen molar-refractivity contribution in [3.8, 4) is 17.4 Å². The molecule has 0 spiro atoms. The molecule has 0 radical (unpaired) electrons. The number of benzene rings is 1. The van der Waals surface area contributed by atoms with Crippen LogP contribution in [0.25, 0.3) is 0 Å². The van der Waals surface area contributed by atoms with Gasteiger partial charge in [-0.2, -0.15) is 0 Å². The van der Waals surface area contributed by atoms with Gasteiger partial charge < -0.3 is 14.6 Å². The fourth-order valence-electron chi connectivity index (χ4n) is 1.41. The molecule has 0 saturated heterocycles. The molecule has 2 rings (SSSR count). The van der Waals surface area contributed by atoms with Gasteiger partial charge in [0.1, 0.15) is 5.75 Å². The number of methoxy groups -OCH3 is 1. The minimum absolute atomic E-state index is 0.155. The van der Waals surface area contributed by atoms with E-state index in [1.54, 1.807) is 30.5 Å². The molecule has 92 valence electrons. The number of carboxylic acid groups (broad SMARTS) is 1. The third kappa shape index (κ3) is 2.57. The zero-order valence-corrected chi connectivity index (χ0v) is 9.66. The highest BCUT2D eigenvalue weighted by atomic mass is 16.5. The summed E-state index contributed by atoms with van der Waals surface area (Å²) < 4.78 is 10.6. The van der Waals surface area contributed by atoms with Crippen LogP contribution in [0.5, 0.6) is 17.4 Å².